The van der Waals surface area contributed by atoms with Gasteiger partial charge in [0.25, 0.3) is 0 Å². The molecule has 174 valence electrons. The lowest BCUT2D eigenvalue weighted by Crippen LogP contribution is -2.42. The Morgan fingerprint density at radius 2 is 1.89 bits per heavy atom. The number of para-hydroxylation sites is 1. The van der Waals surface area contributed by atoms with Crippen molar-refractivity contribution < 1.29 is 0 Å². The van der Waals surface area contributed by atoms with Crippen LogP contribution in [0.1, 0.15) is 25.0 Å². The molecule has 35 heavy (non-hydrogen) atoms. The van der Waals surface area contributed by atoms with Gasteiger partial charge in [-0.25, -0.2) is 9.97 Å². The van der Waals surface area contributed by atoms with E-state index in [-0.39, 0.29) is 0 Å². The van der Waals surface area contributed by atoms with E-state index in [9.17, 15) is 0 Å². The van der Waals surface area contributed by atoms with Gasteiger partial charge in [0.2, 0.25) is 0 Å². The normalized spacial score (nSPS) is 20.0. The van der Waals surface area contributed by atoms with Gasteiger partial charge in [0, 0.05) is 53.2 Å². The molecule has 1 N–H and O–H groups in total. The molecule has 7 rings (SSSR count). The lowest BCUT2D eigenvalue weighted by Gasteiger charge is -2.24. The second kappa shape index (κ2) is 7.89. The molecular weight excluding hydrogens is 432 g/mol. The summed E-state index contributed by atoms with van der Waals surface area (Å²) in [6, 6.07) is 19.1. The summed E-state index contributed by atoms with van der Waals surface area (Å²) in [6.45, 7) is 5.33. The number of pyridine rings is 3. The molecule has 1 spiro atoms. The summed E-state index contributed by atoms with van der Waals surface area (Å²) < 4.78 is 2.16. The first-order valence-corrected chi connectivity index (χ1v) is 12.5. The molecule has 5 aromatic rings. The maximum atomic E-state index is 4.83. The monoisotopic (exact) mass is 460 g/mol. The van der Waals surface area contributed by atoms with Crippen LogP contribution in [0, 0.1) is 6.92 Å². The van der Waals surface area contributed by atoms with Crippen LogP contribution in [0.3, 0.4) is 0 Å². The summed E-state index contributed by atoms with van der Waals surface area (Å²) >= 11 is 0. The van der Waals surface area contributed by atoms with Gasteiger partial charge in [-0.15, -0.1) is 0 Å². The van der Waals surface area contributed by atoms with Gasteiger partial charge in [0.05, 0.1) is 17.4 Å². The van der Waals surface area contributed by atoms with E-state index in [0.717, 1.165) is 70.1 Å². The van der Waals surface area contributed by atoms with Gasteiger partial charge in [0.15, 0.2) is 0 Å². The van der Waals surface area contributed by atoms with Crippen LogP contribution in [-0.4, -0.2) is 44.5 Å². The summed E-state index contributed by atoms with van der Waals surface area (Å²) in [5.41, 5.74) is 7.71. The van der Waals surface area contributed by atoms with Gasteiger partial charge < -0.3 is 10.2 Å². The van der Waals surface area contributed by atoms with E-state index in [1.54, 1.807) is 0 Å². The molecule has 0 saturated carbocycles. The van der Waals surface area contributed by atoms with Crippen LogP contribution in [0.25, 0.3) is 38.9 Å². The van der Waals surface area contributed by atoms with Crippen molar-refractivity contribution >= 4 is 22.4 Å². The van der Waals surface area contributed by atoms with Gasteiger partial charge in [0.1, 0.15) is 11.5 Å². The first kappa shape index (κ1) is 20.6. The number of hydrogen-bond acceptors (Lipinski definition) is 5. The molecular formula is C29H28N6. The Kier molecular flexibility index (Phi) is 4.64. The maximum Gasteiger partial charge on any atom is 0.137 e. The number of anilines is 1. The third kappa shape index (κ3) is 3.48. The van der Waals surface area contributed by atoms with Gasteiger partial charge in [-0.05, 0) is 74.7 Å². The average Bonchev–Trinajstić information content (AvgIpc) is 3.64. The molecule has 1 aromatic carbocycles. The highest BCUT2D eigenvalue weighted by molar-refractivity contribution is 5.94. The Hall–Kier alpha value is -3.77. The minimum Gasteiger partial charge on any atom is -0.355 e. The SMILES string of the molecule is Cc1cc(-c2cnc3cc(-c4ccc(N5CCC6(CCCN6)C5)nc4)ccn23)c2ccccc2n1. The molecule has 0 aliphatic carbocycles. The summed E-state index contributed by atoms with van der Waals surface area (Å²) in [6.07, 6.45) is 9.85. The molecule has 1 atom stereocenters. The van der Waals surface area contributed by atoms with Crippen molar-refractivity contribution in [3.63, 3.8) is 0 Å². The number of aryl methyl sites for hydroxylation is 1. The predicted octanol–water partition coefficient (Wildman–Crippen LogP) is 5.25. The first-order chi connectivity index (χ1) is 17.2. The summed E-state index contributed by atoms with van der Waals surface area (Å²) in [5.74, 6) is 1.07. The van der Waals surface area contributed by atoms with Gasteiger partial charge >= 0.3 is 0 Å². The van der Waals surface area contributed by atoms with Crippen molar-refractivity contribution in [2.45, 2.75) is 31.7 Å². The third-order valence-corrected chi connectivity index (χ3v) is 7.72. The van der Waals surface area contributed by atoms with E-state index in [4.69, 9.17) is 15.0 Å². The molecule has 6 nitrogen and oxygen atoms in total. The van der Waals surface area contributed by atoms with Gasteiger partial charge in [-0.1, -0.05) is 18.2 Å². The zero-order valence-corrected chi connectivity index (χ0v) is 19.9. The summed E-state index contributed by atoms with van der Waals surface area (Å²) in [4.78, 5) is 16.7. The van der Waals surface area contributed by atoms with Crippen molar-refractivity contribution in [3.05, 3.63) is 78.9 Å². The average molecular weight is 461 g/mol. The smallest absolute Gasteiger partial charge is 0.137 e. The van der Waals surface area contributed by atoms with Crippen molar-refractivity contribution in [2.24, 2.45) is 0 Å². The summed E-state index contributed by atoms with van der Waals surface area (Å²) in [5, 5.41) is 4.87. The van der Waals surface area contributed by atoms with E-state index in [1.165, 1.54) is 19.3 Å². The Bertz CT molecular complexity index is 1550. The zero-order chi connectivity index (χ0) is 23.4. The predicted molar refractivity (Wildman–Crippen MR) is 141 cm³/mol. The molecule has 6 heterocycles. The van der Waals surface area contributed by atoms with E-state index in [1.807, 2.05) is 25.4 Å². The number of fused-ring (bicyclic) bond motifs is 2. The lowest BCUT2D eigenvalue weighted by atomic mass is 9.97. The van der Waals surface area contributed by atoms with Gasteiger partial charge in [-0.2, -0.15) is 0 Å². The number of nitrogens with zero attached hydrogens (tertiary/aromatic N) is 5. The van der Waals surface area contributed by atoms with Crippen molar-refractivity contribution in [1.29, 1.82) is 0 Å². The highest BCUT2D eigenvalue weighted by Gasteiger charge is 2.40. The first-order valence-electron chi connectivity index (χ1n) is 12.5. The number of benzene rings is 1. The lowest BCUT2D eigenvalue weighted by molar-refractivity contribution is 0.418. The van der Waals surface area contributed by atoms with Crippen molar-refractivity contribution in [2.75, 3.05) is 24.5 Å². The molecule has 0 amide bonds. The number of imidazole rings is 1. The van der Waals surface area contributed by atoms with Crippen molar-refractivity contribution in [3.8, 4) is 22.4 Å². The Morgan fingerprint density at radius 1 is 0.943 bits per heavy atom. The fraction of sp³-hybridized carbons (Fsp3) is 0.276. The second-order valence-electron chi connectivity index (χ2n) is 10.0. The molecule has 2 aliphatic heterocycles. The quantitative estimate of drug-likeness (QED) is 0.398. The Morgan fingerprint density at radius 3 is 2.74 bits per heavy atom. The number of nitrogens with one attached hydrogen (secondary N) is 1. The number of aromatic nitrogens is 4. The van der Waals surface area contributed by atoms with Crippen LogP contribution in [0.4, 0.5) is 5.82 Å². The summed E-state index contributed by atoms with van der Waals surface area (Å²) in [7, 11) is 0. The van der Waals surface area contributed by atoms with Crippen LogP contribution in [-0.2, 0) is 0 Å². The third-order valence-electron chi connectivity index (χ3n) is 7.72. The minimum absolute atomic E-state index is 0.308. The highest BCUT2D eigenvalue weighted by Crippen LogP contribution is 2.33. The zero-order valence-electron chi connectivity index (χ0n) is 19.9. The van der Waals surface area contributed by atoms with E-state index >= 15 is 0 Å². The molecule has 6 heteroatoms. The van der Waals surface area contributed by atoms with Crippen LogP contribution in [0.5, 0.6) is 0 Å². The Labute approximate surface area is 204 Å². The molecule has 0 radical (unpaired) electrons. The molecule has 2 aliphatic rings. The van der Waals surface area contributed by atoms with E-state index in [0.29, 0.717) is 5.54 Å². The molecule has 4 aromatic heterocycles. The standard InChI is InChI=1S/C29H28N6/c1-20-15-24(23-5-2-3-6-25(23)33-20)26-18-31-28-16-21(9-13-35(26)28)22-7-8-27(30-17-22)34-14-11-29(19-34)10-4-12-32-29/h2-3,5-9,13,15-18,32H,4,10-12,14,19H2,1H3. The molecule has 2 saturated heterocycles. The fourth-order valence-corrected chi connectivity index (χ4v) is 5.91. The highest BCUT2D eigenvalue weighted by atomic mass is 15.3. The number of hydrogen-bond donors (Lipinski definition) is 1. The maximum absolute atomic E-state index is 4.83. The molecule has 0 bridgehead atoms. The van der Waals surface area contributed by atoms with Gasteiger partial charge in [-0.3, -0.25) is 9.38 Å². The van der Waals surface area contributed by atoms with Crippen LogP contribution < -0.4 is 10.2 Å². The fourth-order valence-electron chi connectivity index (χ4n) is 5.91. The van der Waals surface area contributed by atoms with E-state index < -0.39 is 0 Å². The largest absolute Gasteiger partial charge is 0.355 e. The number of rotatable bonds is 3. The second-order valence-corrected chi connectivity index (χ2v) is 10.0. The van der Waals surface area contributed by atoms with Crippen LogP contribution >= 0.6 is 0 Å². The molecule has 2 fully saturated rings. The topological polar surface area (TPSA) is 58.4 Å². The Balaban J connectivity index is 1.20. The van der Waals surface area contributed by atoms with Crippen LogP contribution in [0.15, 0.2) is 73.2 Å². The van der Waals surface area contributed by atoms with Crippen molar-refractivity contribution in [1.82, 2.24) is 24.7 Å². The minimum atomic E-state index is 0.308. The molecule has 1 unspecified atom stereocenters. The van der Waals surface area contributed by atoms with E-state index in [2.05, 4.69) is 69.3 Å². The van der Waals surface area contributed by atoms with Crippen LogP contribution in [0.2, 0.25) is 0 Å².